The molecule has 2 unspecified atom stereocenters. The van der Waals surface area contributed by atoms with Gasteiger partial charge in [-0.15, -0.1) is 0 Å². The van der Waals surface area contributed by atoms with E-state index in [2.05, 4.69) is 40.7 Å². The highest BCUT2D eigenvalue weighted by Gasteiger charge is 2.47. The van der Waals surface area contributed by atoms with Crippen LogP contribution in [0.3, 0.4) is 0 Å². The Hall–Kier alpha value is -1.22. The molecule has 1 aromatic rings. The first-order valence-corrected chi connectivity index (χ1v) is 11.4. The second-order valence-corrected chi connectivity index (χ2v) is 10.4. The third kappa shape index (κ3) is 4.20. The van der Waals surface area contributed by atoms with Crippen LogP contribution in [-0.2, 0) is 5.41 Å². The zero-order chi connectivity index (χ0) is 20.5. The molecule has 0 amide bonds. The first kappa shape index (κ1) is 21.5. The van der Waals surface area contributed by atoms with Crippen LogP contribution < -0.4 is 4.74 Å². The average molecular weight is 389 g/mol. The molecule has 3 rings (SSSR count). The Balaban J connectivity index is 1.91. The first-order chi connectivity index (χ1) is 13.2. The molecule has 158 valence electrons. The van der Waals surface area contributed by atoms with Crippen molar-refractivity contribution in [3.05, 3.63) is 23.3 Å². The normalized spacial score (nSPS) is 26.3. The summed E-state index contributed by atoms with van der Waals surface area (Å²) in [5.41, 5.74) is 1.93. The van der Waals surface area contributed by atoms with E-state index in [1.165, 1.54) is 31.2 Å². The SMILES string of the molecule is CCCCCCC(C)(C)c1cc(O)c2c(c1)OC(C)(C)[C@@H]1CCC(CO)CC21. The summed E-state index contributed by atoms with van der Waals surface area (Å²) < 4.78 is 6.49. The van der Waals surface area contributed by atoms with Crippen LogP contribution in [0, 0.1) is 11.8 Å². The maximum atomic E-state index is 11.0. The van der Waals surface area contributed by atoms with Gasteiger partial charge in [0.1, 0.15) is 17.1 Å². The van der Waals surface area contributed by atoms with Crippen LogP contribution >= 0.6 is 0 Å². The van der Waals surface area contributed by atoms with Gasteiger partial charge in [0.05, 0.1) is 0 Å². The molecule has 1 aliphatic carbocycles. The quantitative estimate of drug-likeness (QED) is 0.539. The van der Waals surface area contributed by atoms with Crippen molar-refractivity contribution in [2.45, 2.75) is 103 Å². The molecule has 1 heterocycles. The van der Waals surface area contributed by atoms with Gasteiger partial charge in [-0.3, -0.25) is 0 Å². The van der Waals surface area contributed by atoms with Crippen molar-refractivity contribution in [3.8, 4) is 11.5 Å². The molecular weight excluding hydrogens is 348 g/mol. The van der Waals surface area contributed by atoms with Gasteiger partial charge >= 0.3 is 0 Å². The number of hydrogen-bond acceptors (Lipinski definition) is 3. The van der Waals surface area contributed by atoms with Gasteiger partial charge in [-0.1, -0.05) is 46.5 Å². The van der Waals surface area contributed by atoms with E-state index in [0.29, 0.717) is 17.6 Å². The lowest BCUT2D eigenvalue weighted by Gasteiger charge is -2.49. The lowest BCUT2D eigenvalue weighted by molar-refractivity contribution is -0.0211. The molecule has 2 N–H and O–H groups in total. The molecule has 3 nitrogen and oxygen atoms in total. The second kappa shape index (κ2) is 8.26. The maximum Gasteiger partial charge on any atom is 0.127 e. The fraction of sp³-hybridized carbons (Fsp3) is 0.760. The van der Waals surface area contributed by atoms with Crippen molar-refractivity contribution in [3.63, 3.8) is 0 Å². The summed E-state index contributed by atoms with van der Waals surface area (Å²) in [5.74, 6) is 2.24. The molecular formula is C25H40O3. The van der Waals surface area contributed by atoms with E-state index in [1.54, 1.807) is 0 Å². The van der Waals surface area contributed by atoms with Crippen LogP contribution in [0.5, 0.6) is 11.5 Å². The lowest BCUT2D eigenvalue weighted by Crippen LogP contribution is -2.47. The standard InChI is InChI=1S/C25H40O3/c1-6-7-8-9-12-24(2,3)18-14-21(27)23-19-13-17(16-26)10-11-20(19)25(4,5)28-22(23)15-18/h14-15,17,19-20,26-27H,6-13,16H2,1-5H3/t17?,19?,20-/m1/s1. The summed E-state index contributed by atoms with van der Waals surface area (Å²) >= 11 is 0. The van der Waals surface area contributed by atoms with Gasteiger partial charge in [0, 0.05) is 18.1 Å². The van der Waals surface area contributed by atoms with Gasteiger partial charge in [0.15, 0.2) is 0 Å². The molecule has 2 aliphatic rings. The highest BCUT2D eigenvalue weighted by atomic mass is 16.5. The number of hydrogen-bond donors (Lipinski definition) is 2. The first-order valence-electron chi connectivity index (χ1n) is 11.4. The Morgan fingerprint density at radius 1 is 1.14 bits per heavy atom. The minimum absolute atomic E-state index is 0.0187. The highest BCUT2D eigenvalue weighted by Crippen LogP contribution is 2.56. The van der Waals surface area contributed by atoms with Gasteiger partial charge in [-0.2, -0.15) is 0 Å². The van der Waals surface area contributed by atoms with E-state index in [9.17, 15) is 10.2 Å². The molecule has 3 heteroatoms. The van der Waals surface area contributed by atoms with E-state index in [0.717, 1.165) is 37.0 Å². The number of unbranched alkanes of at least 4 members (excludes halogenated alkanes) is 3. The highest BCUT2D eigenvalue weighted by molar-refractivity contribution is 5.53. The van der Waals surface area contributed by atoms with E-state index in [-0.39, 0.29) is 23.5 Å². The minimum atomic E-state index is -0.242. The van der Waals surface area contributed by atoms with Crippen molar-refractivity contribution in [2.75, 3.05) is 6.61 Å². The number of aliphatic hydroxyl groups is 1. The number of aliphatic hydroxyl groups excluding tert-OH is 1. The maximum absolute atomic E-state index is 11.0. The Morgan fingerprint density at radius 2 is 1.89 bits per heavy atom. The summed E-state index contributed by atoms with van der Waals surface area (Å²) in [5, 5.41) is 20.7. The van der Waals surface area contributed by atoms with E-state index >= 15 is 0 Å². The van der Waals surface area contributed by atoms with Gasteiger partial charge in [-0.05, 0) is 74.5 Å². The summed E-state index contributed by atoms with van der Waals surface area (Å²) in [6.07, 6.45) is 9.18. The smallest absolute Gasteiger partial charge is 0.127 e. The van der Waals surface area contributed by atoms with Crippen LogP contribution in [0.25, 0.3) is 0 Å². The Morgan fingerprint density at radius 3 is 2.57 bits per heavy atom. The second-order valence-electron chi connectivity index (χ2n) is 10.4. The van der Waals surface area contributed by atoms with Gasteiger partial charge in [-0.25, -0.2) is 0 Å². The average Bonchev–Trinajstić information content (AvgIpc) is 2.63. The summed E-state index contributed by atoms with van der Waals surface area (Å²) in [6, 6.07) is 4.18. The van der Waals surface area contributed by atoms with Crippen molar-refractivity contribution >= 4 is 0 Å². The molecule has 0 aromatic heterocycles. The zero-order valence-corrected chi connectivity index (χ0v) is 18.6. The van der Waals surface area contributed by atoms with Gasteiger partial charge in [0.2, 0.25) is 0 Å². The third-order valence-electron chi connectivity index (χ3n) is 7.41. The molecule has 1 aromatic carbocycles. The number of fused-ring (bicyclic) bond motifs is 3. The molecule has 0 saturated heterocycles. The molecule has 1 aliphatic heterocycles. The molecule has 1 saturated carbocycles. The zero-order valence-electron chi connectivity index (χ0n) is 18.6. The predicted octanol–water partition coefficient (Wildman–Crippen LogP) is 6.30. The number of phenolic OH excluding ortho intramolecular Hbond substituents is 1. The predicted molar refractivity (Wildman–Crippen MR) is 115 cm³/mol. The lowest BCUT2D eigenvalue weighted by atomic mass is 9.63. The largest absolute Gasteiger partial charge is 0.508 e. The van der Waals surface area contributed by atoms with Crippen LogP contribution in [0.4, 0.5) is 0 Å². The van der Waals surface area contributed by atoms with Crippen LogP contribution in [0.2, 0.25) is 0 Å². The Kier molecular flexibility index (Phi) is 6.34. The summed E-state index contributed by atoms with van der Waals surface area (Å²) in [4.78, 5) is 0. The molecule has 0 bridgehead atoms. The summed E-state index contributed by atoms with van der Waals surface area (Å²) in [6.45, 7) is 11.4. The van der Waals surface area contributed by atoms with E-state index in [1.807, 2.05) is 6.07 Å². The number of benzene rings is 1. The minimum Gasteiger partial charge on any atom is -0.508 e. The number of aromatic hydroxyl groups is 1. The molecule has 1 fully saturated rings. The molecule has 0 radical (unpaired) electrons. The van der Waals surface area contributed by atoms with Crippen LogP contribution in [-0.4, -0.2) is 22.4 Å². The van der Waals surface area contributed by atoms with Gasteiger partial charge in [0.25, 0.3) is 0 Å². The number of rotatable bonds is 7. The Labute approximate surface area is 171 Å². The van der Waals surface area contributed by atoms with E-state index in [4.69, 9.17) is 4.74 Å². The van der Waals surface area contributed by atoms with Crippen LogP contribution in [0.1, 0.15) is 103 Å². The van der Waals surface area contributed by atoms with Crippen molar-refractivity contribution in [2.24, 2.45) is 11.8 Å². The topological polar surface area (TPSA) is 49.7 Å². The van der Waals surface area contributed by atoms with Crippen molar-refractivity contribution < 1.29 is 14.9 Å². The molecule has 3 atom stereocenters. The fourth-order valence-corrected chi connectivity index (χ4v) is 5.53. The number of phenols is 1. The number of ether oxygens (including phenoxy) is 1. The van der Waals surface area contributed by atoms with Crippen molar-refractivity contribution in [1.82, 2.24) is 0 Å². The molecule has 28 heavy (non-hydrogen) atoms. The van der Waals surface area contributed by atoms with Gasteiger partial charge < -0.3 is 14.9 Å². The molecule has 0 spiro atoms. The summed E-state index contributed by atoms with van der Waals surface area (Å²) in [7, 11) is 0. The fourth-order valence-electron chi connectivity index (χ4n) is 5.53. The van der Waals surface area contributed by atoms with E-state index < -0.39 is 0 Å². The van der Waals surface area contributed by atoms with Crippen molar-refractivity contribution in [1.29, 1.82) is 0 Å². The van der Waals surface area contributed by atoms with Crippen LogP contribution in [0.15, 0.2) is 12.1 Å². The third-order valence-corrected chi connectivity index (χ3v) is 7.41. The monoisotopic (exact) mass is 388 g/mol. The Bertz CT molecular complexity index is 677.